The van der Waals surface area contributed by atoms with Gasteiger partial charge in [0.1, 0.15) is 0 Å². The van der Waals surface area contributed by atoms with Crippen molar-refractivity contribution in [3.05, 3.63) is 65.2 Å². The molecule has 27 heavy (non-hydrogen) atoms. The lowest BCUT2D eigenvalue weighted by molar-refractivity contribution is 0.0789. The SMILES string of the molecule is Cc1ccc(C(=O)N2C[C@@H](N)[C@H](c3ccccc3)C2)cc1NS(C)(=O)=O.Cl. The molecule has 0 bridgehead atoms. The fourth-order valence-electron chi connectivity index (χ4n) is 3.30. The molecule has 0 saturated carbocycles. The Hall–Kier alpha value is -2.09. The molecule has 0 aliphatic carbocycles. The van der Waals surface area contributed by atoms with Crippen molar-refractivity contribution in [3.8, 4) is 0 Å². The Morgan fingerprint density at radius 3 is 2.44 bits per heavy atom. The van der Waals surface area contributed by atoms with E-state index in [0.717, 1.165) is 17.4 Å². The van der Waals surface area contributed by atoms with Crippen molar-refractivity contribution in [1.29, 1.82) is 0 Å². The summed E-state index contributed by atoms with van der Waals surface area (Å²) in [5, 5.41) is 0. The first-order chi connectivity index (χ1) is 12.2. The number of sulfonamides is 1. The summed E-state index contributed by atoms with van der Waals surface area (Å²) in [5.41, 5.74) is 9.01. The number of carbonyl (C=O) groups is 1. The van der Waals surface area contributed by atoms with Crippen molar-refractivity contribution >= 4 is 34.0 Å². The second-order valence-electron chi connectivity index (χ2n) is 6.80. The Labute approximate surface area is 166 Å². The average molecular weight is 410 g/mol. The minimum Gasteiger partial charge on any atom is -0.336 e. The molecule has 0 spiro atoms. The molecule has 2 atom stereocenters. The molecule has 1 aliphatic heterocycles. The molecule has 0 unspecified atom stereocenters. The Morgan fingerprint density at radius 1 is 1.15 bits per heavy atom. The topological polar surface area (TPSA) is 92.5 Å². The highest BCUT2D eigenvalue weighted by molar-refractivity contribution is 7.92. The van der Waals surface area contributed by atoms with Crippen molar-refractivity contribution < 1.29 is 13.2 Å². The zero-order valence-corrected chi connectivity index (χ0v) is 16.9. The number of halogens is 1. The van der Waals surface area contributed by atoms with E-state index in [-0.39, 0.29) is 30.3 Å². The average Bonchev–Trinajstić information content (AvgIpc) is 2.97. The second-order valence-corrected chi connectivity index (χ2v) is 8.54. The molecule has 8 heteroatoms. The number of aryl methyl sites for hydroxylation is 1. The van der Waals surface area contributed by atoms with Crippen LogP contribution in [0, 0.1) is 6.92 Å². The number of hydrogen-bond acceptors (Lipinski definition) is 4. The number of nitrogens with two attached hydrogens (primary N) is 1. The van der Waals surface area contributed by atoms with Crippen LogP contribution in [0.2, 0.25) is 0 Å². The molecule has 6 nitrogen and oxygen atoms in total. The number of hydrogen-bond donors (Lipinski definition) is 2. The first-order valence-corrected chi connectivity index (χ1v) is 10.3. The van der Waals surface area contributed by atoms with E-state index >= 15 is 0 Å². The summed E-state index contributed by atoms with van der Waals surface area (Å²) in [6.45, 7) is 2.81. The van der Waals surface area contributed by atoms with Gasteiger partial charge in [0.2, 0.25) is 10.0 Å². The standard InChI is InChI=1S/C19H23N3O3S.ClH/c1-13-8-9-15(10-18(13)21-26(2,24)25)19(23)22-11-16(17(20)12-22)14-6-4-3-5-7-14;/h3-10,16-17,21H,11-12,20H2,1-2H3;1H/t16-,17+;/m0./s1. The number of carbonyl (C=O) groups excluding carboxylic acids is 1. The predicted octanol–water partition coefficient (Wildman–Crippen LogP) is 2.36. The zero-order chi connectivity index (χ0) is 18.9. The van der Waals surface area contributed by atoms with Gasteiger partial charge in [-0.3, -0.25) is 9.52 Å². The summed E-state index contributed by atoms with van der Waals surface area (Å²) >= 11 is 0. The van der Waals surface area contributed by atoms with Crippen LogP contribution in [-0.2, 0) is 10.0 Å². The lowest BCUT2D eigenvalue weighted by Gasteiger charge is -2.18. The first-order valence-electron chi connectivity index (χ1n) is 8.43. The van der Waals surface area contributed by atoms with Crippen molar-refractivity contribution in [2.45, 2.75) is 18.9 Å². The molecule has 2 aromatic carbocycles. The van der Waals surface area contributed by atoms with E-state index in [2.05, 4.69) is 4.72 Å². The number of nitrogens with zero attached hydrogens (tertiary/aromatic N) is 1. The van der Waals surface area contributed by atoms with Gasteiger partial charge in [0.15, 0.2) is 0 Å². The Balaban J connectivity index is 0.00000261. The lowest BCUT2D eigenvalue weighted by atomic mass is 9.95. The smallest absolute Gasteiger partial charge is 0.254 e. The van der Waals surface area contributed by atoms with Crippen LogP contribution in [0.5, 0.6) is 0 Å². The maximum Gasteiger partial charge on any atom is 0.254 e. The summed E-state index contributed by atoms with van der Waals surface area (Å²) in [5.74, 6) is -0.0466. The Bertz CT molecular complexity index is 919. The third-order valence-electron chi connectivity index (χ3n) is 4.66. The van der Waals surface area contributed by atoms with Crippen molar-refractivity contribution in [1.82, 2.24) is 4.90 Å². The largest absolute Gasteiger partial charge is 0.336 e. The number of rotatable bonds is 4. The molecular formula is C19H24ClN3O3S. The van der Waals surface area contributed by atoms with Gasteiger partial charge in [0.05, 0.1) is 11.9 Å². The molecule has 3 rings (SSSR count). The number of nitrogens with one attached hydrogen (secondary N) is 1. The number of anilines is 1. The maximum atomic E-state index is 12.9. The molecule has 2 aromatic rings. The van der Waals surface area contributed by atoms with Crippen LogP contribution in [0.1, 0.15) is 27.4 Å². The zero-order valence-electron chi connectivity index (χ0n) is 15.3. The lowest BCUT2D eigenvalue weighted by Crippen LogP contribution is -2.32. The first kappa shape index (κ1) is 21.2. The van der Waals surface area contributed by atoms with Crippen LogP contribution >= 0.6 is 12.4 Å². The van der Waals surface area contributed by atoms with Crippen LogP contribution < -0.4 is 10.5 Å². The van der Waals surface area contributed by atoms with E-state index in [1.165, 1.54) is 0 Å². The van der Waals surface area contributed by atoms with Crippen molar-refractivity contribution in [3.63, 3.8) is 0 Å². The molecule has 1 saturated heterocycles. The highest BCUT2D eigenvalue weighted by Crippen LogP contribution is 2.28. The van der Waals surface area contributed by atoms with Crippen LogP contribution in [0.25, 0.3) is 0 Å². The third-order valence-corrected chi connectivity index (χ3v) is 5.25. The van der Waals surface area contributed by atoms with Crippen LogP contribution in [0.4, 0.5) is 5.69 Å². The summed E-state index contributed by atoms with van der Waals surface area (Å²) in [4.78, 5) is 14.6. The van der Waals surface area contributed by atoms with Crippen molar-refractivity contribution in [2.24, 2.45) is 5.73 Å². The normalized spacial score (nSPS) is 19.4. The van der Waals surface area contributed by atoms with E-state index in [1.807, 2.05) is 30.3 Å². The fourth-order valence-corrected chi connectivity index (χ4v) is 3.91. The van der Waals surface area contributed by atoms with E-state index in [1.54, 1.807) is 30.0 Å². The molecular weight excluding hydrogens is 386 g/mol. The number of amides is 1. The maximum absolute atomic E-state index is 12.9. The Morgan fingerprint density at radius 2 is 1.81 bits per heavy atom. The van der Waals surface area contributed by atoms with Gasteiger partial charge in [0, 0.05) is 30.6 Å². The van der Waals surface area contributed by atoms with E-state index < -0.39 is 10.0 Å². The van der Waals surface area contributed by atoms with Gasteiger partial charge >= 0.3 is 0 Å². The van der Waals surface area contributed by atoms with E-state index in [4.69, 9.17) is 5.73 Å². The van der Waals surface area contributed by atoms with E-state index in [0.29, 0.717) is 24.3 Å². The van der Waals surface area contributed by atoms with Gasteiger partial charge in [-0.15, -0.1) is 12.4 Å². The highest BCUT2D eigenvalue weighted by Gasteiger charge is 2.34. The summed E-state index contributed by atoms with van der Waals surface area (Å²) in [7, 11) is -3.41. The van der Waals surface area contributed by atoms with Crippen LogP contribution in [-0.4, -0.2) is 44.6 Å². The molecule has 0 aromatic heterocycles. The summed E-state index contributed by atoms with van der Waals surface area (Å²) in [6.07, 6.45) is 1.09. The van der Waals surface area contributed by atoms with Gasteiger partial charge in [-0.2, -0.15) is 0 Å². The van der Waals surface area contributed by atoms with Crippen LogP contribution in [0.3, 0.4) is 0 Å². The monoisotopic (exact) mass is 409 g/mol. The van der Waals surface area contributed by atoms with Gasteiger partial charge < -0.3 is 10.6 Å². The molecule has 1 heterocycles. The van der Waals surface area contributed by atoms with E-state index in [9.17, 15) is 13.2 Å². The fraction of sp³-hybridized carbons (Fsp3) is 0.316. The summed E-state index contributed by atoms with van der Waals surface area (Å²) < 4.78 is 25.5. The minimum atomic E-state index is -3.41. The van der Waals surface area contributed by atoms with Gasteiger partial charge in [0.25, 0.3) is 5.91 Å². The quantitative estimate of drug-likeness (QED) is 0.810. The van der Waals surface area contributed by atoms with Crippen molar-refractivity contribution in [2.75, 3.05) is 24.1 Å². The van der Waals surface area contributed by atoms with Crippen LogP contribution in [0.15, 0.2) is 48.5 Å². The molecule has 0 radical (unpaired) electrons. The minimum absolute atomic E-state index is 0. The molecule has 1 aliphatic rings. The van der Waals surface area contributed by atoms with Gasteiger partial charge in [-0.05, 0) is 30.2 Å². The molecule has 1 amide bonds. The number of benzene rings is 2. The third kappa shape index (κ3) is 5.00. The Kier molecular flexibility index (Phi) is 6.51. The molecule has 146 valence electrons. The molecule has 1 fully saturated rings. The van der Waals surface area contributed by atoms with Gasteiger partial charge in [-0.25, -0.2) is 8.42 Å². The molecule has 3 N–H and O–H groups in total. The highest BCUT2D eigenvalue weighted by atomic mass is 35.5. The number of likely N-dealkylation sites (tertiary alicyclic amines) is 1. The van der Waals surface area contributed by atoms with Gasteiger partial charge in [-0.1, -0.05) is 36.4 Å². The second kappa shape index (κ2) is 8.29. The predicted molar refractivity (Wildman–Crippen MR) is 110 cm³/mol. The summed E-state index contributed by atoms with van der Waals surface area (Å²) in [6, 6.07) is 14.9.